The van der Waals surface area contributed by atoms with Crippen LogP contribution in [0.25, 0.3) is 0 Å². The molecule has 0 spiro atoms. The summed E-state index contributed by atoms with van der Waals surface area (Å²) in [5, 5.41) is 10.0. The molecule has 19 heavy (non-hydrogen) atoms. The molecule has 6 heteroatoms. The number of hydrogen-bond donors (Lipinski definition) is 2. The van der Waals surface area contributed by atoms with E-state index in [1.54, 1.807) is 0 Å². The van der Waals surface area contributed by atoms with Gasteiger partial charge in [-0.1, -0.05) is 43.8 Å². The zero-order valence-electron chi connectivity index (χ0n) is 10.9. The average molecular weight is 276 g/mol. The van der Waals surface area contributed by atoms with Crippen LogP contribution in [0.3, 0.4) is 0 Å². The highest BCUT2D eigenvalue weighted by molar-refractivity contribution is 7.99. The summed E-state index contributed by atoms with van der Waals surface area (Å²) in [5.41, 5.74) is 2.01. The Kier molecular flexibility index (Phi) is 4.57. The molecule has 5 nitrogen and oxygen atoms in total. The van der Waals surface area contributed by atoms with Crippen LogP contribution in [0.2, 0.25) is 0 Å². The Labute approximate surface area is 116 Å². The van der Waals surface area contributed by atoms with Gasteiger partial charge in [0.15, 0.2) is 5.16 Å². The fourth-order valence-electron chi connectivity index (χ4n) is 1.70. The van der Waals surface area contributed by atoms with Gasteiger partial charge in [-0.15, -0.1) is 0 Å². The molecule has 2 rings (SSSR count). The van der Waals surface area contributed by atoms with E-state index in [1.807, 2.05) is 24.3 Å². The molecule has 1 amide bonds. The van der Waals surface area contributed by atoms with Crippen molar-refractivity contribution in [3.05, 3.63) is 36.2 Å². The number of rotatable bonds is 5. The average Bonchev–Trinajstić information content (AvgIpc) is 2.90. The van der Waals surface area contributed by atoms with Crippen LogP contribution >= 0.6 is 11.8 Å². The maximum Gasteiger partial charge on any atom is 0.234 e. The van der Waals surface area contributed by atoms with Crippen molar-refractivity contribution in [3.8, 4) is 0 Å². The van der Waals surface area contributed by atoms with Gasteiger partial charge in [0, 0.05) is 5.69 Å². The lowest BCUT2D eigenvalue weighted by atomic mass is 10.0. The second-order valence-electron chi connectivity index (χ2n) is 4.37. The van der Waals surface area contributed by atoms with Crippen LogP contribution in [-0.2, 0) is 4.79 Å². The van der Waals surface area contributed by atoms with Gasteiger partial charge in [0.05, 0.1) is 5.75 Å². The van der Waals surface area contributed by atoms with E-state index in [0.29, 0.717) is 16.8 Å². The van der Waals surface area contributed by atoms with Crippen molar-refractivity contribution >= 4 is 23.4 Å². The smallest absolute Gasteiger partial charge is 0.234 e. The molecule has 0 radical (unpaired) electrons. The molecule has 0 unspecified atom stereocenters. The van der Waals surface area contributed by atoms with Crippen LogP contribution in [0.5, 0.6) is 0 Å². The number of benzene rings is 1. The number of para-hydroxylation sites is 1. The summed E-state index contributed by atoms with van der Waals surface area (Å²) in [4.78, 5) is 15.8. The highest BCUT2D eigenvalue weighted by atomic mass is 32.2. The summed E-state index contributed by atoms with van der Waals surface area (Å²) in [5.74, 6) is 0.634. The van der Waals surface area contributed by atoms with E-state index >= 15 is 0 Å². The van der Waals surface area contributed by atoms with Crippen LogP contribution < -0.4 is 5.32 Å². The Morgan fingerprint density at radius 2 is 2.21 bits per heavy atom. The van der Waals surface area contributed by atoms with Gasteiger partial charge in [-0.05, 0) is 17.5 Å². The van der Waals surface area contributed by atoms with E-state index < -0.39 is 0 Å². The van der Waals surface area contributed by atoms with Crippen molar-refractivity contribution in [2.45, 2.75) is 24.9 Å². The number of aromatic amines is 1. The number of nitrogens with one attached hydrogen (secondary N) is 2. The van der Waals surface area contributed by atoms with Crippen LogP contribution in [0.1, 0.15) is 25.3 Å². The molecule has 2 aromatic rings. The fraction of sp³-hybridized carbons (Fsp3) is 0.308. The first-order valence-electron chi connectivity index (χ1n) is 6.03. The third kappa shape index (κ3) is 3.82. The molecule has 0 bridgehead atoms. The van der Waals surface area contributed by atoms with Gasteiger partial charge in [-0.2, -0.15) is 5.10 Å². The van der Waals surface area contributed by atoms with Crippen molar-refractivity contribution in [1.29, 1.82) is 0 Å². The zero-order chi connectivity index (χ0) is 13.7. The van der Waals surface area contributed by atoms with Crippen molar-refractivity contribution in [1.82, 2.24) is 15.2 Å². The number of nitrogens with zero attached hydrogens (tertiary/aromatic N) is 2. The summed E-state index contributed by atoms with van der Waals surface area (Å²) in [6.45, 7) is 4.21. The van der Waals surface area contributed by atoms with E-state index in [-0.39, 0.29) is 5.91 Å². The Balaban J connectivity index is 1.95. The normalized spacial score (nSPS) is 10.7. The Bertz CT molecular complexity index is 539. The number of aromatic nitrogens is 3. The number of carbonyl (C=O) groups excluding carboxylic acids is 1. The van der Waals surface area contributed by atoms with Gasteiger partial charge >= 0.3 is 0 Å². The summed E-state index contributed by atoms with van der Waals surface area (Å²) < 4.78 is 0. The van der Waals surface area contributed by atoms with Gasteiger partial charge in [0.25, 0.3) is 0 Å². The van der Waals surface area contributed by atoms with E-state index in [4.69, 9.17) is 0 Å². The first-order chi connectivity index (χ1) is 9.16. The Morgan fingerprint density at radius 3 is 2.89 bits per heavy atom. The third-order valence-corrected chi connectivity index (χ3v) is 3.47. The predicted molar refractivity (Wildman–Crippen MR) is 76.3 cm³/mol. The van der Waals surface area contributed by atoms with Gasteiger partial charge in [-0.3, -0.25) is 9.89 Å². The van der Waals surface area contributed by atoms with Crippen LogP contribution in [0, 0.1) is 0 Å². The quantitative estimate of drug-likeness (QED) is 0.824. The standard InChI is InChI=1S/C13H16N4OS/c1-9(2)10-5-3-4-6-11(10)16-12(18)7-19-13-14-8-15-17-13/h3-6,8-9H,7H2,1-2H3,(H,16,18)(H,14,15,17). The van der Waals surface area contributed by atoms with Gasteiger partial charge in [0.1, 0.15) is 6.33 Å². The minimum Gasteiger partial charge on any atom is -0.325 e. The minimum atomic E-state index is -0.0468. The van der Waals surface area contributed by atoms with Crippen molar-refractivity contribution in [3.63, 3.8) is 0 Å². The lowest BCUT2D eigenvalue weighted by molar-refractivity contribution is -0.113. The number of H-pyrrole nitrogens is 1. The number of amides is 1. The zero-order valence-corrected chi connectivity index (χ0v) is 11.7. The number of thioether (sulfide) groups is 1. The maximum atomic E-state index is 11.9. The molecule has 0 saturated carbocycles. The first-order valence-corrected chi connectivity index (χ1v) is 7.02. The van der Waals surface area contributed by atoms with Crippen LogP contribution in [-0.4, -0.2) is 26.8 Å². The fourth-order valence-corrected chi connectivity index (χ4v) is 2.28. The largest absolute Gasteiger partial charge is 0.325 e. The molecular weight excluding hydrogens is 260 g/mol. The lowest BCUT2D eigenvalue weighted by Crippen LogP contribution is -2.15. The molecule has 0 fully saturated rings. The molecule has 1 aromatic heterocycles. The predicted octanol–water partition coefficient (Wildman–Crippen LogP) is 2.66. The van der Waals surface area contributed by atoms with Crippen molar-refractivity contribution in [2.24, 2.45) is 0 Å². The van der Waals surface area contributed by atoms with Crippen molar-refractivity contribution < 1.29 is 4.79 Å². The van der Waals surface area contributed by atoms with Crippen LogP contribution in [0.15, 0.2) is 35.7 Å². The van der Waals surface area contributed by atoms with Gasteiger partial charge < -0.3 is 5.32 Å². The lowest BCUT2D eigenvalue weighted by Gasteiger charge is -2.13. The molecule has 2 N–H and O–H groups in total. The molecule has 0 aliphatic rings. The first kappa shape index (κ1) is 13.6. The highest BCUT2D eigenvalue weighted by Crippen LogP contribution is 2.24. The highest BCUT2D eigenvalue weighted by Gasteiger charge is 2.09. The summed E-state index contributed by atoms with van der Waals surface area (Å²) in [6, 6.07) is 7.86. The maximum absolute atomic E-state index is 11.9. The topological polar surface area (TPSA) is 70.7 Å². The molecule has 1 aromatic carbocycles. The Hall–Kier alpha value is -1.82. The summed E-state index contributed by atoms with van der Waals surface area (Å²) in [6.07, 6.45) is 1.42. The van der Waals surface area contributed by atoms with Crippen molar-refractivity contribution in [2.75, 3.05) is 11.1 Å². The van der Waals surface area contributed by atoms with E-state index in [9.17, 15) is 4.79 Å². The molecule has 0 saturated heterocycles. The molecule has 1 heterocycles. The number of hydrogen-bond acceptors (Lipinski definition) is 4. The minimum absolute atomic E-state index is 0.0468. The summed E-state index contributed by atoms with van der Waals surface area (Å²) in [7, 11) is 0. The second kappa shape index (κ2) is 6.38. The monoisotopic (exact) mass is 276 g/mol. The van der Waals surface area contributed by atoms with Crippen LogP contribution in [0.4, 0.5) is 5.69 Å². The third-order valence-electron chi connectivity index (χ3n) is 2.59. The van der Waals surface area contributed by atoms with Gasteiger partial charge in [0.2, 0.25) is 5.91 Å². The van der Waals surface area contributed by atoms with E-state index in [0.717, 1.165) is 11.3 Å². The van der Waals surface area contributed by atoms with E-state index in [2.05, 4.69) is 34.3 Å². The Morgan fingerprint density at radius 1 is 1.42 bits per heavy atom. The molecule has 0 aliphatic carbocycles. The molecule has 0 aliphatic heterocycles. The molecule has 0 atom stereocenters. The number of anilines is 1. The molecule has 100 valence electrons. The summed E-state index contributed by atoms with van der Waals surface area (Å²) >= 11 is 1.33. The molecular formula is C13H16N4OS. The second-order valence-corrected chi connectivity index (χ2v) is 5.33. The number of carbonyl (C=O) groups is 1. The van der Waals surface area contributed by atoms with E-state index in [1.165, 1.54) is 18.1 Å². The van der Waals surface area contributed by atoms with Gasteiger partial charge in [-0.25, -0.2) is 4.98 Å². The SMILES string of the molecule is CC(C)c1ccccc1NC(=O)CSc1ncn[nH]1.